The molecule has 0 aromatic heterocycles. The number of hydrogen-bond donors (Lipinski definition) is 3. The maximum atomic E-state index is 5.87. The molecule has 0 radical (unpaired) electrons. The van der Waals surface area contributed by atoms with Gasteiger partial charge in [-0.05, 0) is 5.41 Å². The molecule has 2 aliphatic rings. The third-order valence-corrected chi connectivity index (χ3v) is 4.39. The van der Waals surface area contributed by atoms with Gasteiger partial charge in [-0.25, -0.2) is 5.01 Å². The van der Waals surface area contributed by atoms with Gasteiger partial charge < -0.3 is 10.1 Å². The molecule has 3 atom stereocenters. The minimum Gasteiger partial charge on any atom is -0.361 e. The van der Waals surface area contributed by atoms with E-state index in [2.05, 4.69) is 57.8 Å². The van der Waals surface area contributed by atoms with Crippen molar-refractivity contribution in [3.8, 4) is 0 Å². The van der Waals surface area contributed by atoms with Crippen molar-refractivity contribution in [3.05, 3.63) is 0 Å². The van der Waals surface area contributed by atoms with Gasteiger partial charge in [-0.2, -0.15) is 0 Å². The van der Waals surface area contributed by atoms with E-state index in [9.17, 15) is 0 Å². The van der Waals surface area contributed by atoms with Crippen LogP contribution >= 0.6 is 15.9 Å². The predicted octanol–water partition coefficient (Wildman–Crippen LogP) is 0.520. The number of hydrazine groups is 1. The van der Waals surface area contributed by atoms with Gasteiger partial charge in [0, 0.05) is 43.6 Å². The highest BCUT2D eigenvalue weighted by atomic mass is 79.9. The highest BCUT2D eigenvalue weighted by Crippen LogP contribution is 2.20. The van der Waals surface area contributed by atoms with Crippen LogP contribution in [0.25, 0.3) is 0 Å². The molecule has 5 nitrogen and oxygen atoms in total. The number of nitrogens with zero attached hydrogens (tertiary/aromatic N) is 1. The molecule has 112 valence electrons. The molecule has 2 aliphatic heterocycles. The molecule has 0 aliphatic carbocycles. The second kappa shape index (κ2) is 6.83. The molecule has 0 amide bonds. The molecule has 0 bridgehead atoms. The molecular formula is C13H27BrN4O. The Kier molecular flexibility index (Phi) is 5.63. The van der Waals surface area contributed by atoms with E-state index >= 15 is 0 Å². The zero-order valence-electron chi connectivity index (χ0n) is 12.2. The summed E-state index contributed by atoms with van der Waals surface area (Å²) in [6.45, 7) is 12.4. The highest BCUT2D eigenvalue weighted by molar-refractivity contribution is 9.09. The van der Waals surface area contributed by atoms with Crippen molar-refractivity contribution in [1.29, 1.82) is 0 Å². The summed E-state index contributed by atoms with van der Waals surface area (Å²) in [4.78, 5) is 0.564. The van der Waals surface area contributed by atoms with Crippen molar-refractivity contribution >= 4 is 15.9 Å². The lowest BCUT2D eigenvalue weighted by atomic mass is 9.86. The Morgan fingerprint density at radius 1 is 1.21 bits per heavy atom. The topological polar surface area (TPSA) is 48.6 Å². The Labute approximate surface area is 124 Å². The fraction of sp³-hybridized carbons (Fsp3) is 1.00. The number of rotatable bonds is 4. The van der Waals surface area contributed by atoms with Gasteiger partial charge in [-0.3, -0.25) is 10.7 Å². The smallest absolute Gasteiger partial charge is 0.120 e. The first kappa shape index (κ1) is 15.7. The Hall–Kier alpha value is 0.280. The normalized spacial score (nSPS) is 33.8. The van der Waals surface area contributed by atoms with Crippen molar-refractivity contribution < 1.29 is 4.74 Å². The van der Waals surface area contributed by atoms with E-state index in [1.807, 2.05) is 0 Å². The first-order valence-electron chi connectivity index (χ1n) is 7.16. The van der Waals surface area contributed by atoms with Gasteiger partial charge in [-0.15, -0.1) is 0 Å². The van der Waals surface area contributed by atoms with Crippen LogP contribution in [-0.4, -0.2) is 61.4 Å². The summed E-state index contributed by atoms with van der Waals surface area (Å²) in [5.74, 6) is 0. The first-order valence-corrected chi connectivity index (χ1v) is 8.07. The summed E-state index contributed by atoms with van der Waals surface area (Å²) in [5.41, 5.74) is 3.64. The van der Waals surface area contributed by atoms with Crippen LogP contribution in [-0.2, 0) is 4.74 Å². The molecule has 6 heteroatoms. The van der Waals surface area contributed by atoms with E-state index in [0.717, 1.165) is 39.3 Å². The molecule has 0 spiro atoms. The molecule has 0 aromatic rings. The molecule has 0 aromatic carbocycles. The lowest BCUT2D eigenvalue weighted by Gasteiger charge is -2.38. The third kappa shape index (κ3) is 4.95. The second-order valence-electron chi connectivity index (χ2n) is 6.50. The SMILES string of the molecule is CC(C)(C)C1CNC(OCCN2CC(Br)CN2)CN1. The monoisotopic (exact) mass is 334 g/mol. The van der Waals surface area contributed by atoms with Crippen molar-refractivity contribution in [1.82, 2.24) is 21.1 Å². The zero-order chi connectivity index (χ0) is 13.9. The van der Waals surface area contributed by atoms with E-state index in [-0.39, 0.29) is 6.23 Å². The lowest BCUT2D eigenvalue weighted by Crippen LogP contribution is -2.59. The zero-order valence-corrected chi connectivity index (χ0v) is 13.8. The average molecular weight is 335 g/mol. The van der Waals surface area contributed by atoms with Crippen molar-refractivity contribution in [2.45, 2.75) is 37.9 Å². The Morgan fingerprint density at radius 3 is 2.53 bits per heavy atom. The van der Waals surface area contributed by atoms with Gasteiger partial charge >= 0.3 is 0 Å². The van der Waals surface area contributed by atoms with Crippen LogP contribution in [0.3, 0.4) is 0 Å². The summed E-state index contributed by atoms with van der Waals surface area (Å²) in [5, 5.41) is 9.26. The van der Waals surface area contributed by atoms with Crippen LogP contribution in [0.5, 0.6) is 0 Å². The van der Waals surface area contributed by atoms with E-state index in [1.165, 1.54) is 0 Å². The summed E-state index contributed by atoms with van der Waals surface area (Å²) in [6, 6.07) is 0.516. The first-order chi connectivity index (χ1) is 8.95. The molecule has 19 heavy (non-hydrogen) atoms. The minimum atomic E-state index is 0.140. The Balaban J connectivity index is 1.58. The fourth-order valence-corrected chi connectivity index (χ4v) is 2.94. The average Bonchev–Trinajstić information content (AvgIpc) is 2.75. The predicted molar refractivity (Wildman–Crippen MR) is 81.3 cm³/mol. The second-order valence-corrected chi connectivity index (χ2v) is 7.80. The molecule has 0 saturated carbocycles. The lowest BCUT2D eigenvalue weighted by molar-refractivity contribution is -0.00636. The number of piperazine rings is 1. The number of nitrogens with one attached hydrogen (secondary N) is 3. The highest BCUT2D eigenvalue weighted by Gasteiger charge is 2.29. The molecule has 2 fully saturated rings. The van der Waals surface area contributed by atoms with E-state index in [4.69, 9.17) is 4.74 Å². The minimum absolute atomic E-state index is 0.140. The van der Waals surface area contributed by atoms with E-state index < -0.39 is 0 Å². The summed E-state index contributed by atoms with van der Waals surface area (Å²) in [7, 11) is 0. The van der Waals surface area contributed by atoms with E-state index in [0.29, 0.717) is 16.3 Å². The van der Waals surface area contributed by atoms with Crippen LogP contribution in [0.2, 0.25) is 0 Å². The van der Waals surface area contributed by atoms with Gasteiger partial charge in [0.15, 0.2) is 0 Å². The molecule has 2 rings (SSSR count). The molecular weight excluding hydrogens is 308 g/mol. The largest absolute Gasteiger partial charge is 0.361 e. The quantitative estimate of drug-likeness (QED) is 0.654. The van der Waals surface area contributed by atoms with Crippen LogP contribution in [0.15, 0.2) is 0 Å². The van der Waals surface area contributed by atoms with Crippen LogP contribution in [0, 0.1) is 5.41 Å². The maximum absolute atomic E-state index is 5.87. The summed E-state index contributed by atoms with van der Waals surface area (Å²) in [6.07, 6.45) is 0.140. The van der Waals surface area contributed by atoms with Crippen LogP contribution in [0.4, 0.5) is 0 Å². The number of halogens is 1. The number of ether oxygens (including phenoxy) is 1. The Morgan fingerprint density at radius 2 is 2.00 bits per heavy atom. The summed E-state index contributed by atoms with van der Waals surface area (Å²) < 4.78 is 5.87. The van der Waals surface area contributed by atoms with Crippen molar-refractivity contribution in [2.75, 3.05) is 39.3 Å². The van der Waals surface area contributed by atoms with Gasteiger partial charge in [0.25, 0.3) is 0 Å². The van der Waals surface area contributed by atoms with Gasteiger partial charge in [-0.1, -0.05) is 36.7 Å². The van der Waals surface area contributed by atoms with Crippen LogP contribution < -0.4 is 16.1 Å². The Bertz CT molecular complexity index is 276. The van der Waals surface area contributed by atoms with Gasteiger partial charge in [0.1, 0.15) is 6.23 Å². The standard InChI is InChI=1S/C13H27BrN4O/c1-13(2,3)11-7-16-12(8-15-11)19-5-4-18-9-10(14)6-17-18/h10-12,15-17H,4-9H2,1-3H3. The summed E-state index contributed by atoms with van der Waals surface area (Å²) >= 11 is 3.60. The third-order valence-electron chi connectivity index (χ3n) is 3.78. The van der Waals surface area contributed by atoms with Crippen LogP contribution in [0.1, 0.15) is 20.8 Å². The number of alkyl halides is 1. The van der Waals surface area contributed by atoms with Gasteiger partial charge in [0.05, 0.1) is 6.61 Å². The maximum Gasteiger partial charge on any atom is 0.120 e. The molecule has 3 unspecified atom stereocenters. The van der Waals surface area contributed by atoms with Crippen molar-refractivity contribution in [3.63, 3.8) is 0 Å². The molecule has 2 heterocycles. The fourth-order valence-electron chi connectivity index (χ4n) is 2.45. The molecule has 2 saturated heterocycles. The van der Waals surface area contributed by atoms with Gasteiger partial charge in [0.2, 0.25) is 0 Å². The van der Waals surface area contributed by atoms with E-state index in [1.54, 1.807) is 0 Å². The molecule has 3 N–H and O–H groups in total. The number of hydrogen-bond acceptors (Lipinski definition) is 5. The van der Waals surface area contributed by atoms with Crippen molar-refractivity contribution in [2.24, 2.45) is 5.41 Å².